The minimum absolute atomic E-state index is 0.0820. The van der Waals surface area contributed by atoms with Gasteiger partial charge in [0.25, 0.3) is 5.91 Å². The summed E-state index contributed by atoms with van der Waals surface area (Å²) in [4.78, 5) is 31.7. The number of carboxylic acid groups (broad SMARTS) is 1. The molecule has 2 aromatic heterocycles. The Bertz CT molecular complexity index is 637. The molecule has 110 valence electrons. The van der Waals surface area contributed by atoms with Crippen LogP contribution in [0.5, 0.6) is 0 Å². The average molecular weight is 305 g/mol. The van der Waals surface area contributed by atoms with Crippen molar-refractivity contribution in [2.75, 3.05) is 6.54 Å². The van der Waals surface area contributed by atoms with E-state index in [1.54, 1.807) is 11.3 Å². The first-order chi connectivity index (χ1) is 10.1. The van der Waals surface area contributed by atoms with Crippen LogP contribution in [0.4, 0.5) is 0 Å². The number of nitrogens with zero attached hydrogens (tertiary/aromatic N) is 2. The Morgan fingerprint density at radius 2 is 2.10 bits per heavy atom. The van der Waals surface area contributed by atoms with Gasteiger partial charge in [0, 0.05) is 30.2 Å². The Hall–Kier alpha value is -2.28. The van der Waals surface area contributed by atoms with Crippen LogP contribution in [-0.2, 0) is 12.8 Å². The first-order valence-corrected chi connectivity index (χ1v) is 7.33. The zero-order valence-corrected chi connectivity index (χ0v) is 12.3. The minimum atomic E-state index is -1.11. The predicted octanol–water partition coefficient (Wildman–Crippen LogP) is 1.77. The number of hydrogen-bond acceptors (Lipinski definition) is 5. The number of aromatic nitrogens is 2. The molecule has 2 heterocycles. The number of aryl methyl sites for hydroxylation is 1. The Morgan fingerprint density at radius 1 is 1.29 bits per heavy atom. The van der Waals surface area contributed by atoms with Crippen molar-refractivity contribution in [2.45, 2.75) is 19.8 Å². The third-order valence-electron chi connectivity index (χ3n) is 2.82. The monoisotopic (exact) mass is 305 g/mol. The van der Waals surface area contributed by atoms with Crippen LogP contribution >= 0.6 is 11.3 Å². The molecule has 0 spiro atoms. The Balaban J connectivity index is 1.85. The molecular weight excluding hydrogens is 290 g/mol. The predicted molar refractivity (Wildman–Crippen MR) is 78.7 cm³/mol. The summed E-state index contributed by atoms with van der Waals surface area (Å²) in [7, 11) is 0. The number of carboxylic acids is 1. The molecule has 2 N–H and O–H groups in total. The maximum Gasteiger partial charge on any atom is 0.354 e. The first-order valence-electron chi connectivity index (χ1n) is 6.51. The van der Waals surface area contributed by atoms with Gasteiger partial charge in [0.1, 0.15) is 5.69 Å². The molecule has 7 heteroatoms. The maximum absolute atomic E-state index is 11.9. The van der Waals surface area contributed by atoms with Crippen LogP contribution in [0.3, 0.4) is 0 Å². The van der Waals surface area contributed by atoms with E-state index in [4.69, 9.17) is 5.11 Å². The van der Waals surface area contributed by atoms with Gasteiger partial charge in [-0.05, 0) is 18.6 Å². The van der Waals surface area contributed by atoms with E-state index in [1.807, 2.05) is 6.20 Å². The summed E-state index contributed by atoms with van der Waals surface area (Å²) in [5, 5.41) is 12.5. The molecule has 1 amide bonds. The number of carbonyl (C=O) groups is 2. The first kappa shape index (κ1) is 15.1. The van der Waals surface area contributed by atoms with Crippen LogP contribution in [0.2, 0.25) is 0 Å². The van der Waals surface area contributed by atoms with Crippen molar-refractivity contribution in [3.8, 4) is 0 Å². The molecule has 0 aromatic carbocycles. The highest BCUT2D eigenvalue weighted by Gasteiger charge is 2.09. The molecule has 0 saturated carbocycles. The molecule has 0 bridgehead atoms. The number of nitrogens with one attached hydrogen (secondary N) is 1. The van der Waals surface area contributed by atoms with Crippen LogP contribution < -0.4 is 5.32 Å². The van der Waals surface area contributed by atoms with Gasteiger partial charge < -0.3 is 10.4 Å². The van der Waals surface area contributed by atoms with Crippen molar-refractivity contribution in [3.05, 3.63) is 45.7 Å². The van der Waals surface area contributed by atoms with Gasteiger partial charge in [-0.3, -0.25) is 4.79 Å². The van der Waals surface area contributed by atoms with Crippen LogP contribution in [0.15, 0.2) is 24.5 Å². The number of pyridine rings is 1. The van der Waals surface area contributed by atoms with Crippen molar-refractivity contribution in [2.24, 2.45) is 0 Å². The standard InChI is InChI=1S/C14H15N3O3S/c1-2-10-8-17-12(21-10)5-6-15-13(18)9-3-4-11(14(19)20)16-7-9/h3-4,7-8H,2,5-6H2,1H3,(H,15,18)(H,19,20). The third-order valence-corrected chi connectivity index (χ3v) is 4.02. The van der Waals surface area contributed by atoms with E-state index in [1.165, 1.54) is 23.2 Å². The number of amides is 1. The number of hydrogen-bond donors (Lipinski definition) is 2. The normalized spacial score (nSPS) is 10.3. The van der Waals surface area contributed by atoms with E-state index < -0.39 is 5.97 Å². The van der Waals surface area contributed by atoms with Crippen molar-refractivity contribution in [1.82, 2.24) is 15.3 Å². The van der Waals surface area contributed by atoms with Gasteiger partial charge in [0.05, 0.1) is 10.6 Å². The number of aromatic carboxylic acids is 1. The van der Waals surface area contributed by atoms with Gasteiger partial charge >= 0.3 is 5.97 Å². The van der Waals surface area contributed by atoms with E-state index in [9.17, 15) is 9.59 Å². The molecule has 0 aliphatic carbocycles. The van der Waals surface area contributed by atoms with E-state index >= 15 is 0 Å². The summed E-state index contributed by atoms with van der Waals surface area (Å²) in [5.74, 6) is -1.39. The highest BCUT2D eigenvalue weighted by Crippen LogP contribution is 2.13. The van der Waals surface area contributed by atoms with Crippen molar-refractivity contribution in [1.29, 1.82) is 0 Å². The second kappa shape index (κ2) is 6.94. The fourth-order valence-corrected chi connectivity index (χ4v) is 2.53. The molecule has 0 atom stereocenters. The lowest BCUT2D eigenvalue weighted by molar-refractivity contribution is 0.0689. The second-order valence-corrected chi connectivity index (χ2v) is 5.52. The summed E-state index contributed by atoms with van der Waals surface area (Å²) >= 11 is 1.65. The number of rotatable bonds is 6. The second-order valence-electron chi connectivity index (χ2n) is 4.32. The lowest BCUT2D eigenvalue weighted by Crippen LogP contribution is -2.25. The molecule has 0 radical (unpaired) electrons. The smallest absolute Gasteiger partial charge is 0.354 e. The lowest BCUT2D eigenvalue weighted by atomic mass is 10.2. The molecule has 0 unspecified atom stereocenters. The Kier molecular flexibility index (Phi) is 4.99. The molecule has 6 nitrogen and oxygen atoms in total. The molecule has 0 fully saturated rings. The van der Waals surface area contributed by atoms with Crippen LogP contribution in [0.1, 0.15) is 37.7 Å². The average Bonchev–Trinajstić information content (AvgIpc) is 2.95. The highest BCUT2D eigenvalue weighted by atomic mass is 32.1. The quantitative estimate of drug-likeness (QED) is 0.848. The summed E-state index contributed by atoms with van der Waals surface area (Å²) in [6, 6.07) is 2.76. The van der Waals surface area contributed by atoms with E-state index in [2.05, 4.69) is 22.2 Å². The zero-order valence-electron chi connectivity index (χ0n) is 11.5. The van der Waals surface area contributed by atoms with Crippen molar-refractivity contribution < 1.29 is 14.7 Å². The topological polar surface area (TPSA) is 92.2 Å². The fraction of sp³-hybridized carbons (Fsp3) is 0.286. The van der Waals surface area contributed by atoms with Gasteiger partial charge in [-0.15, -0.1) is 11.3 Å². The summed E-state index contributed by atoms with van der Waals surface area (Å²) < 4.78 is 0. The summed E-state index contributed by atoms with van der Waals surface area (Å²) in [5.41, 5.74) is 0.259. The summed E-state index contributed by atoms with van der Waals surface area (Å²) in [6.45, 7) is 2.56. The number of carbonyl (C=O) groups excluding carboxylic acids is 1. The molecular formula is C14H15N3O3S. The largest absolute Gasteiger partial charge is 0.477 e. The van der Waals surface area contributed by atoms with Gasteiger partial charge in [0.15, 0.2) is 0 Å². The van der Waals surface area contributed by atoms with Gasteiger partial charge in [-0.1, -0.05) is 6.92 Å². The molecule has 2 rings (SSSR count). The van der Waals surface area contributed by atoms with Crippen LogP contribution in [0, 0.1) is 0 Å². The fourth-order valence-electron chi connectivity index (χ4n) is 1.67. The Labute approximate surface area is 125 Å². The molecule has 0 aliphatic rings. The van der Waals surface area contributed by atoms with Gasteiger partial charge in [0.2, 0.25) is 0 Å². The highest BCUT2D eigenvalue weighted by molar-refractivity contribution is 7.11. The molecule has 0 saturated heterocycles. The Morgan fingerprint density at radius 3 is 2.67 bits per heavy atom. The SMILES string of the molecule is CCc1cnc(CCNC(=O)c2ccc(C(=O)O)nc2)s1. The van der Waals surface area contributed by atoms with Gasteiger partial charge in [-0.2, -0.15) is 0 Å². The lowest BCUT2D eigenvalue weighted by Gasteiger charge is -2.03. The van der Waals surface area contributed by atoms with Crippen LogP contribution in [-0.4, -0.2) is 33.5 Å². The van der Waals surface area contributed by atoms with Crippen molar-refractivity contribution >= 4 is 23.2 Å². The third kappa shape index (κ3) is 4.09. The van der Waals surface area contributed by atoms with E-state index in [-0.39, 0.29) is 11.6 Å². The van der Waals surface area contributed by atoms with Crippen molar-refractivity contribution in [3.63, 3.8) is 0 Å². The summed E-state index contributed by atoms with van der Waals surface area (Å²) in [6.07, 6.45) is 4.76. The zero-order chi connectivity index (χ0) is 15.2. The maximum atomic E-state index is 11.9. The van der Waals surface area contributed by atoms with E-state index in [0.717, 1.165) is 11.4 Å². The molecule has 21 heavy (non-hydrogen) atoms. The molecule has 0 aliphatic heterocycles. The molecule has 2 aromatic rings. The van der Waals surface area contributed by atoms with Crippen LogP contribution in [0.25, 0.3) is 0 Å². The minimum Gasteiger partial charge on any atom is -0.477 e. The van der Waals surface area contributed by atoms with E-state index in [0.29, 0.717) is 18.5 Å². The number of thiazole rings is 1. The van der Waals surface area contributed by atoms with Gasteiger partial charge in [-0.25, -0.2) is 14.8 Å².